The first kappa shape index (κ1) is 13.9. The van der Waals surface area contributed by atoms with Crippen molar-refractivity contribution in [3.63, 3.8) is 0 Å². The van der Waals surface area contributed by atoms with Gasteiger partial charge in [0.25, 0.3) is 0 Å². The highest BCUT2D eigenvalue weighted by Crippen LogP contribution is 2.27. The summed E-state index contributed by atoms with van der Waals surface area (Å²) in [5.74, 6) is 0.772. The number of nitrogens with zero attached hydrogens (tertiary/aromatic N) is 1. The molecular formula is C15H23ClN2. The highest BCUT2D eigenvalue weighted by atomic mass is 35.5. The standard InChI is InChI=1S/C15H23ClN2/c1-12(14-7-3-4-8-15(14)16)18(2)11-13-6-5-9-17-10-13/h3-4,7-8,12-13,17H,5-6,9-11H2,1-2H3. The summed E-state index contributed by atoms with van der Waals surface area (Å²) >= 11 is 6.27. The van der Waals surface area contributed by atoms with Crippen LogP contribution in [0.25, 0.3) is 0 Å². The number of piperidine rings is 1. The predicted octanol–water partition coefficient (Wildman–Crippen LogP) is 3.33. The largest absolute Gasteiger partial charge is 0.316 e. The van der Waals surface area contributed by atoms with Crippen molar-refractivity contribution in [2.75, 3.05) is 26.7 Å². The van der Waals surface area contributed by atoms with Crippen LogP contribution in [-0.2, 0) is 0 Å². The van der Waals surface area contributed by atoms with Gasteiger partial charge in [0.05, 0.1) is 0 Å². The number of hydrogen-bond donors (Lipinski definition) is 1. The summed E-state index contributed by atoms with van der Waals surface area (Å²) in [6, 6.07) is 8.53. The van der Waals surface area contributed by atoms with Crippen molar-refractivity contribution in [2.45, 2.75) is 25.8 Å². The Morgan fingerprint density at radius 2 is 2.22 bits per heavy atom. The van der Waals surface area contributed by atoms with Gasteiger partial charge in [-0.1, -0.05) is 29.8 Å². The molecule has 0 bridgehead atoms. The van der Waals surface area contributed by atoms with E-state index in [0.717, 1.165) is 24.0 Å². The van der Waals surface area contributed by atoms with Crippen LogP contribution < -0.4 is 5.32 Å². The van der Waals surface area contributed by atoms with Crippen molar-refractivity contribution in [3.05, 3.63) is 34.9 Å². The molecule has 0 aliphatic carbocycles. The average molecular weight is 267 g/mol. The fraction of sp³-hybridized carbons (Fsp3) is 0.600. The molecule has 100 valence electrons. The zero-order chi connectivity index (χ0) is 13.0. The lowest BCUT2D eigenvalue weighted by molar-refractivity contribution is 0.199. The quantitative estimate of drug-likeness (QED) is 0.899. The second kappa shape index (κ2) is 6.55. The molecule has 0 spiro atoms. The van der Waals surface area contributed by atoms with Crippen LogP contribution in [-0.4, -0.2) is 31.6 Å². The van der Waals surface area contributed by atoms with Crippen molar-refractivity contribution in [2.24, 2.45) is 5.92 Å². The third-order valence-electron chi connectivity index (χ3n) is 3.96. The van der Waals surface area contributed by atoms with Gasteiger partial charge in [0, 0.05) is 17.6 Å². The molecule has 2 unspecified atom stereocenters. The van der Waals surface area contributed by atoms with Gasteiger partial charge in [0.15, 0.2) is 0 Å². The van der Waals surface area contributed by atoms with Crippen molar-refractivity contribution in [1.29, 1.82) is 0 Å². The summed E-state index contributed by atoms with van der Waals surface area (Å²) < 4.78 is 0. The molecular weight excluding hydrogens is 244 g/mol. The third kappa shape index (κ3) is 3.47. The van der Waals surface area contributed by atoms with E-state index >= 15 is 0 Å². The summed E-state index contributed by atoms with van der Waals surface area (Å²) in [6.07, 6.45) is 2.64. The van der Waals surface area contributed by atoms with Crippen LogP contribution >= 0.6 is 11.6 Å². The van der Waals surface area contributed by atoms with Gasteiger partial charge < -0.3 is 5.32 Å². The maximum absolute atomic E-state index is 6.27. The molecule has 0 aromatic heterocycles. The molecule has 2 nitrogen and oxygen atoms in total. The second-order valence-electron chi connectivity index (χ2n) is 5.35. The van der Waals surface area contributed by atoms with E-state index < -0.39 is 0 Å². The van der Waals surface area contributed by atoms with Gasteiger partial charge in [-0.2, -0.15) is 0 Å². The number of nitrogens with one attached hydrogen (secondary N) is 1. The Bertz CT molecular complexity index is 375. The normalized spacial score (nSPS) is 22.1. The van der Waals surface area contributed by atoms with E-state index in [4.69, 9.17) is 11.6 Å². The van der Waals surface area contributed by atoms with E-state index in [-0.39, 0.29) is 0 Å². The fourth-order valence-electron chi connectivity index (χ4n) is 2.70. The smallest absolute Gasteiger partial charge is 0.0453 e. The Hall–Kier alpha value is -0.570. The number of hydrogen-bond acceptors (Lipinski definition) is 2. The molecule has 0 amide bonds. The molecule has 18 heavy (non-hydrogen) atoms. The average Bonchev–Trinajstić information content (AvgIpc) is 2.39. The molecule has 1 N–H and O–H groups in total. The van der Waals surface area contributed by atoms with Crippen molar-refractivity contribution < 1.29 is 0 Å². The number of rotatable bonds is 4. The molecule has 1 aliphatic heterocycles. The van der Waals surface area contributed by atoms with Crippen LogP contribution in [0.4, 0.5) is 0 Å². The Morgan fingerprint density at radius 3 is 2.89 bits per heavy atom. The van der Waals surface area contributed by atoms with Gasteiger partial charge in [0.1, 0.15) is 0 Å². The SMILES string of the molecule is CC(c1ccccc1Cl)N(C)CC1CCCNC1. The van der Waals surface area contributed by atoms with E-state index in [9.17, 15) is 0 Å². The monoisotopic (exact) mass is 266 g/mol. The van der Waals surface area contributed by atoms with Gasteiger partial charge in [-0.15, -0.1) is 0 Å². The lowest BCUT2D eigenvalue weighted by atomic mass is 9.98. The van der Waals surface area contributed by atoms with Crippen LogP contribution in [0, 0.1) is 5.92 Å². The summed E-state index contributed by atoms with van der Waals surface area (Å²) in [5, 5.41) is 4.35. The van der Waals surface area contributed by atoms with Gasteiger partial charge in [-0.25, -0.2) is 0 Å². The van der Waals surface area contributed by atoms with Gasteiger partial charge in [0.2, 0.25) is 0 Å². The van der Waals surface area contributed by atoms with Crippen molar-refractivity contribution in [1.82, 2.24) is 10.2 Å². The van der Waals surface area contributed by atoms with E-state index in [0.29, 0.717) is 6.04 Å². The lowest BCUT2D eigenvalue weighted by Gasteiger charge is -2.31. The fourth-order valence-corrected chi connectivity index (χ4v) is 2.99. The molecule has 0 radical (unpaired) electrons. The molecule has 1 aromatic rings. The zero-order valence-corrected chi connectivity index (χ0v) is 12.1. The van der Waals surface area contributed by atoms with Crippen LogP contribution in [0.1, 0.15) is 31.4 Å². The van der Waals surface area contributed by atoms with Gasteiger partial charge in [-0.3, -0.25) is 4.90 Å². The maximum Gasteiger partial charge on any atom is 0.0453 e. The zero-order valence-electron chi connectivity index (χ0n) is 11.3. The van der Waals surface area contributed by atoms with Crippen LogP contribution in [0.5, 0.6) is 0 Å². The Labute approximate surface area is 115 Å². The first-order valence-corrected chi connectivity index (χ1v) is 7.21. The molecule has 3 heteroatoms. The molecule has 1 saturated heterocycles. The van der Waals surface area contributed by atoms with E-state index in [2.05, 4.69) is 36.3 Å². The Balaban J connectivity index is 1.95. The van der Waals surface area contributed by atoms with E-state index in [1.54, 1.807) is 0 Å². The van der Waals surface area contributed by atoms with Crippen LogP contribution in [0.3, 0.4) is 0 Å². The third-order valence-corrected chi connectivity index (χ3v) is 4.31. The maximum atomic E-state index is 6.27. The minimum absolute atomic E-state index is 0.376. The minimum atomic E-state index is 0.376. The number of benzene rings is 1. The first-order valence-electron chi connectivity index (χ1n) is 6.84. The molecule has 2 rings (SSSR count). The summed E-state index contributed by atoms with van der Waals surface area (Å²) in [5.41, 5.74) is 1.23. The van der Waals surface area contributed by atoms with Crippen molar-refractivity contribution in [3.8, 4) is 0 Å². The number of halogens is 1. The first-order chi connectivity index (χ1) is 8.68. The second-order valence-corrected chi connectivity index (χ2v) is 5.76. The summed E-state index contributed by atoms with van der Waals surface area (Å²) in [7, 11) is 2.20. The van der Waals surface area contributed by atoms with E-state index in [1.807, 2.05) is 12.1 Å². The molecule has 2 atom stereocenters. The van der Waals surface area contributed by atoms with Crippen molar-refractivity contribution >= 4 is 11.6 Å². The predicted molar refractivity (Wildman–Crippen MR) is 78.1 cm³/mol. The Morgan fingerprint density at radius 1 is 1.44 bits per heavy atom. The van der Waals surface area contributed by atoms with Crippen LogP contribution in [0.2, 0.25) is 5.02 Å². The van der Waals surface area contributed by atoms with Crippen LogP contribution in [0.15, 0.2) is 24.3 Å². The highest BCUT2D eigenvalue weighted by Gasteiger charge is 2.19. The topological polar surface area (TPSA) is 15.3 Å². The Kier molecular flexibility index (Phi) is 5.04. The highest BCUT2D eigenvalue weighted by molar-refractivity contribution is 6.31. The van der Waals surface area contributed by atoms with E-state index in [1.165, 1.54) is 24.9 Å². The minimum Gasteiger partial charge on any atom is -0.316 e. The summed E-state index contributed by atoms with van der Waals surface area (Å²) in [6.45, 7) is 5.71. The lowest BCUT2D eigenvalue weighted by Crippen LogP contribution is -2.37. The van der Waals surface area contributed by atoms with Gasteiger partial charge in [-0.05, 0) is 57.5 Å². The molecule has 0 saturated carbocycles. The molecule has 1 heterocycles. The summed E-state index contributed by atoms with van der Waals surface area (Å²) in [4.78, 5) is 2.42. The molecule has 1 aliphatic rings. The molecule has 1 fully saturated rings. The van der Waals surface area contributed by atoms with Gasteiger partial charge >= 0.3 is 0 Å². The molecule has 1 aromatic carbocycles.